The van der Waals surface area contributed by atoms with Gasteiger partial charge < -0.3 is 4.84 Å². The predicted molar refractivity (Wildman–Crippen MR) is 61.7 cm³/mol. The normalized spacial score (nSPS) is 13.7. The van der Waals surface area contributed by atoms with Crippen molar-refractivity contribution in [1.29, 1.82) is 0 Å². The number of rotatable bonds is 4. The molecule has 0 bridgehead atoms. The minimum Gasteiger partial charge on any atom is -0.350 e. The van der Waals surface area contributed by atoms with Crippen LogP contribution in [0.4, 0.5) is 11.4 Å². The fourth-order valence-corrected chi connectivity index (χ4v) is 1.38. The van der Waals surface area contributed by atoms with Gasteiger partial charge in [-0.3, -0.25) is 20.2 Å². The molecule has 0 aromatic heterocycles. The lowest BCUT2D eigenvalue weighted by Gasteiger charge is -2.12. The van der Waals surface area contributed by atoms with Gasteiger partial charge >= 0.3 is 5.69 Å². The van der Waals surface area contributed by atoms with E-state index in [1.165, 1.54) is 6.07 Å². The first-order valence-corrected chi connectivity index (χ1v) is 5.23. The van der Waals surface area contributed by atoms with Crippen molar-refractivity contribution in [2.24, 2.45) is 5.16 Å². The van der Waals surface area contributed by atoms with E-state index in [1.807, 2.05) is 0 Å². The lowest BCUT2D eigenvalue weighted by atomic mass is 9.98. The van der Waals surface area contributed by atoms with Crippen LogP contribution < -0.4 is 4.84 Å². The van der Waals surface area contributed by atoms with E-state index in [-0.39, 0.29) is 11.4 Å². The van der Waals surface area contributed by atoms with Crippen LogP contribution in [0.2, 0.25) is 0 Å². The highest BCUT2D eigenvalue weighted by Gasteiger charge is 2.21. The van der Waals surface area contributed by atoms with E-state index in [1.54, 1.807) is 0 Å². The van der Waals surface area contributed by atoms with Crippen LogP contribution in [-0.4, -0.2) is 15.6 Å². The van der Waals surface area contributed by atoms with Gasteiger partial charge in [0.1, 0.15) is 0 Å². The average Bonchev–Trinajstić information content (AvgIpc) is 2.26. The molecule has 1 aliphatic carbocycles. The third-order valence-electron chi connectivity index (χ3n) is 2.55. The molecule has 0 amide bonds. The van der Waals surface area contributed by atoms with Crippen LogP contribution in [0.15, 0.2) is 23.4 Å². The van der Waals surface area contributed by atoms with Gasteiger partial charge in [-0.2, -0.15) is 0 Å². The number of non-ortho nitro benzene ring substituents is 1. The Morgan fingerprint density at radius 2 is 1.89 bits per heavy atom. The zero-order chi connectivity index (χ0) is 13.1. The van der Waals surface area contributed by atoms with Crippen LogP contribution in [0.5, 0.6) is 5.75 Å². The summed E-state index contributed by atoms with van der Waals surface area (Å²) in [5.74, 6) is -0.0926. The Balaban J connectivity index is 2.28. The fourth-order valence-electron chi connectivity index (χ4n) is 1.38. The summed E-state index contributed by atoms with van der Waals surface area (Å²) < 4.78 is 0. The van der Waals surface area contributed by atoms with Crippen molar-refractivity contribution < 1.29 is 14.7 Å². The van der Waals surface area contributed by atoms with Gasteiger partial charge in [-0.25, -0.2) is 0 Å². The molecule has 1 saturated carbocycles. The number of oxime groups is 1. The van der Waals surface area contributed by atoms with Gasteiger partial charge in [-0.05, 0) is 25.3 Å². The third-order valence-corrected chi connectivity index (χ3v) is 2.55. The summed E-state index contributed by atoms with van der Waals surface area (Å²) in [5, 5.41) is 25.1. The SMILES string of the molecule is O=[N+]([O-])c1ccc(ON=C2CCC2)c([N+](=O)[O-])c1. The number of hydrogen-bond donors (Lipinski definition) is 0. The Hall–Kier alpha value is -2.51. The van der Waals surface area contributed by atoms with Gasteiger partial charge in [-0.1, -0.05) is 5.16 Å². The van der Waals surface area contributed by atoms with Crippen LogP contribution in [0.3, 0.4) is 0 Å². The van der Waals surface area contributed by atoms with Gasteiger partial charge in [0.25, 0.3) is 5.69 Å². The molecule has 0 aliphatic heterocycles. The minimum atomic E-state index is -0.733. The second-order valence-corrected chi connectivity index (χ2v) is 3.77. The van der Waals surface area contributed by atoms with Crippen LogP contribution >= 0.6 is 0 Å². The molecule has 1 aromatic carbocycles. The van der Waals surface area contributed by atoms with Crippen molar-refractivity contribution in [3.8, 4) is 5.75 Å². The predicted octanol–water partition coefficient (Wildman–Crippen LogP) is 2.42. The van der Waals surface area contributed by atoms with Crippen LogP contribution in [-0.2, 0) is 0 Å². The van der Waals surface area contributed by atoms with E-state index in [0.717, 1.165) is 37.1 Å². The number of nitro benzene ring substituents is 2. The molecule has 2 rings (SSSR count). The molecular formula is C10H9N3O5. The van der Waals surface area contributed by atoms with Gasteiger partial charge in [-0.15, -0.1) is 0 Å². The molecule has 18 heavy (non-hydrogen) atoms. The van der Waals surface area contributed by atoms with E-state index in [4.69, 9.17) is 4.84 Å². The zero-order valence-electron chi connectivity index (χ0n) is 9.24. The number of hydrogen-bond acceptors (Lipinski definition) is 6. The summed E-state index contributed by atoms with van der Waals surface area (Å²) in [6, 6.07) is 3.18. The van der Waals surface area contributed by atoms with Crippen molar-refractivity contribution in [2.75, 3.05) is 0 Å². The second-order valence-electron chi connectivity index (χ2n) is 3.77. The van der Waals surface area contributed by atoms with Gasteiger partial charge in [0.15, 0.2) is 0 Å². The molecule has 0 spiro atoms. The Morgan fingerprint density at radius 1 is 1.17 bits per heavy atom. The minimum absolute atomic E-state index is 0.0926. The smallest absolute Gasteiger partial charge is 0.321 e. The molecule has 0 unspecified atom stereocenters. The summed E-state index contributed by atoms with van der Waals surface area (Å²) in [5.41, 5.74) is 0.0147. The highest BCUT2D eigenvalue weighted by molar-refractivity contribution is 5.88. The molecule has 1 fully saturated rings. The molecule has 8 heteroatoms. The third kappa shape index (κ3) is 2.42. The Bertz CT molecular complexity index is 534. The second kappa shape index (κ2) is 4.78. The fraction of sp³-hybridized carbons (Fsp3) is 0.300. The topological polar surface area (TPSA) is 108 Å². The molecule has 1 aliphatic rings. The van der Waals surface area contributed by atoms with Gasteiger partial charge in [0.2, 0.25) is 5.75 Å². The van der Waals surface area contributed by atoms with Crippen molar-refractivity contribution in [1.82, 2.24) is 0 Å². The van der Waals surface area contributed by atoms with Crippen LogP contribution in [0.1, 0.15) is 19.3 Å². The number of nitrogens with zero attached hydrogens (tertiary/aromatic N) is 3. The summed E-state index contributed by atoms with van der Waals surface area (Å²) in [6.07, 6.45) is 2.67. The summed E-state index contributed by atoms with van der Waals surface area (Å²) in [4.78, 5) is 24.8. The maximum Gasteiger partial charge on any atom is 0.321 e. The Kier molecular flexibility index (Phi) is 3.18. The Labute approximate surface area is 101 Å². The highest BCUT2D eigenvalue weighted by atomic mass is 16.7. The monoisotopic (exact) mass is 251 g/mol. The Morgan fingerprint density at radius 3 is 2.39 bits per heavy atom. The first-order valence-electron chi connectivity index (χ1n) is 5.23. The lowest BCUT2D eigenvalue weighted by Crippen LogP contribution is -2.11. The van der Waals surface area contributed by atoms with E-state index in [0.29, 0.717) is 0 Å². The van der Waals surface area contributed by atoms with E-state index < -0.39 is 15.5 Å². The first-order chi connectivity index (χ1) is 8.58. The number of nitro groups is 2. The summed E-state index contributed by atoms with van der Waals surface area (Å²) >= 11 is 0. The molecule has 0 atom stereocenters. The molecule has 8 nitrogen and oxygen atoms in total. The first kappa shape index (κ1) is 12.0. The van der Waals surface area contributed by atoms with Crippen molar-refractivity contribution in [2.45, 2.75) is 19.3 Å². The van der Waals surface area contributed by atoms with Crippen LogP contribution in [0.25, 0.3) is 0 Å². The average molecular weight is 251 g/mol. The summed E-state index contributed by atoms with van der Waals surface area (Å²) in [7, 11) is 0. The molecule has 0 heterocycles. The van der Waals surface area contributed by atoms with Crippen molar-refractivity contribution in [3.05, 3.63) is 38.4 Å². The molecule has 94 valence electrons. The number of benzene rings is 1. The molecule has 1 aromatic rings. The quantitative estimate of drug-likeness (QED) is 0.603. The van der Waals surface area contributed by atoms with E-state index in [2.05, 4.69) is 5.16 Å². The lowest BCUT2D eigenvalue weighted by molar-refractivity contribution is -0.394. The molecule has 0 N–H and O–H groups in total. The largest absolute Gasteiger partial charge is 0.350 e. The van der Waals surface area contributed by atoms with Crippen LogP contribution in [0, 0.1) is 20.2 Å². The van der Waals surface area contributed by atoms with Gasteiger partial charge in [0.05, 0.1) is 21.6 Å². The maximum absolute atomic E-state index is 10.8. The van der Waals surface area contributed by atoms with Crippen molar-refractivity contribution >= 4 is 17.1 Å². The van der Waals surface area contributed by atoms with E-state index >= 15 is 0 Å². The van der Waals surface area contributed by atoms with Gasteiger partial charge in [0, 0.05) is 6.07 Å². The maximum atomic E-state index is 10.8. The standard InChI is InChI=1S/C10H9N3O5/c14-12(15)8-4-5-10(9(6-8)13(16)17)18-11-7-2-1-3-7/h4-6H,1-3H2. The van der Waals surface area contributed by atoms with E-state index in [9.17, 15) is 20.2 Å². The summed E-state index contributed by atoms with van der Waals surface area (Å²) in [6.45, 7) is 0. The zero-order valence-corrected chi connectivity index (χ0v) is 9.24. The van der Waals surface area contributed by atoms with Crippen molar-refractivity contribution in [3.63, 3.8) is 0 Å². The highest BCUT2D eigenvalue weighted by Crippen LogP contribution is 2.31. The molecule has 0 saturated heterocycles. The molecule has 0 radical (unpaired) electrons. The molecular weight excluding hydrogens is 242 g/mol.